The van der Waals surface area contributed by atoms with Gasteiger partial charge in [-0.1, -0.05) is 11.3 Å². The van der Waals surface area contributed by atoms with E-state index in [0.717, 1.165) is 17.5 Å². The van der Waals surface area contributed by atoms with Crippen LogP contribution in [0.1, 0.15) is 11.1 Å². The van der Waals surface area contributed by atoms with E-state index in [2.05, 4.69) is 10.5 Å². The molecule has 20 heavy (non-hydrogen) atoms. The molecule has 1 radical (unpaired) electrons. The molecule has 0 atom stereocenters. The van der Waals surface area contributed by atoms with Gasteiger partial charge in [-0.25, -0.2) is 4.98 Å². The number of hydrogen-bond acceptors (Lipinski definition) is 3. The maximum Gasteiger partial charge on any atom is 0.419 e. The quantitative estimate of drug-likeness (QED) is 0.745. The Hall–Kier alpha value is -1.77. The molecule has 0 bridgehead atoms. The SMILES string of the molecule is FC(F)(F)c1ccc(C(F)(F)F)c(Oc2cn[c]s2)c1. The van der Waals surface area contributed by atoms with Crippen molar-refractivity contribution in [2.45, 2.75) is 12.4 Å². The predicted molar refractivity (Wildman–Crippen MR) is 57.5 cm³/mol. The number of benzene rings is 1. The van der Waals surface area contributed by atoms with Crippen LogP contribution in [0.4, 0.5) is 26.3 Å². The van der Waals surface area contributed by atoms with Crippen molar-refractivity contribution in [1.29, 1.82) is 0 Å². The van der Waals surface area contributed by atoms with Crippen LogP contribution in [-0.4, -0.2) is 4.98 Å². The molecule has 0 unspecified atom stereocenters. The van der Waals surface area contributed by atoms with Gasteiger partial charge in [-0.2, -0.15) is 26.3 Å². The Morgan fingerprint density at radius 3 is 2.25 bits per heavy atom. The Morgan fingerprint density at radius 2 is 1.75 bits per heavy atom. The van der Waals surface area contributed by atoms with Gasteiger partial charge in [0.2, 0.25) is 5.06 Å². The highest BCUT2D eigenvalue weighted by Crippen LogP contribution is 2.41. The summed E-state index contributed by atoms with van der Waals surface area (Å²) in [4.78, 5) is 3.45. The third-order valence-corrected chi connectivity index (χ3v) is 2.78. The smallest absolute Gasteiger partial charge is 0.419 e. The minimum Gasteiger partial charge on any atom is -0.444 e. The van der Waals surface area contributed by atoms with Gasteiger partial charge in [0.1, 0.15) is 5.75 Å². The monoisotopic (exact) mass is 312 g/mol. The summed E-state index contributed by atoms with van der Waals surface area (Å²) in [6, 6.07) is 1.000. The summed E-state index contributed by atoms with van der Waals surface area (Å²) in [5.41, 5.74) is -0.204. The van der Waals surface area contributed by atoms with Gasteiger partial charge in [0.25, 0.3) is 0 Å². The highest BCUT2D eigenvalue weighted by molar-refractivity contribution is 7.11. The van der Waals surface area contributed by atoms with E-state index in [0.29, 0.717) is 18.2 Å². The number of halogens is 6. The number of aromatic nitrogens is 1. The average Bonchev–Trinajstić information content (AvgIpc) is 2.79. The maximum atomic E-state index is 12.7. The molecule has 0 aliphatic heterocycles. The largest absolute Gasteiger partial charge is 0.444 e. The van der Waals surface area contributed by atoms with E-state index < -0.39 is 29.2 Å². The van der Waals surface area contributed by atoms with Crippen LogP contribution in [0.5, 0.6) is 10.8 Å². The van der Waals surface area contributed by atoms with Gasteiger partial charge in [-0.3, -0.25) is 0 Å². The van der Waals surface area contributed by atoms with Crippen molar-refractivity contribution in [3.63, 3.8) is 0 Å². The summed E-state index contributed by atoms with van der Waals surface area (Å²) in [5, 5.41) is -0.0881. The predicted octanol–water partition coefficient (Wildman–Crippen LogP) is 4.77. The van der Waals surface area contributed by atoms with Crippen molar-refractivity contribution in [3.05, 3.63) is 41.0 Å². The van der Waals surface area contributed by atoms with Crippen molar-refractivity contribution < 1.29 is 31.1 Å². The molecule has 0 aliphatic rings. The summed E-state index contributed by atoms with van der Waals surface area (Å²) in [7, 11) is 0. The Morgan fingerprint density at radius 1 is 1.05 bits per heavy atom. The summed E-state index contributed by atoms with van der Waals surface area (Å²) in [6.45, 7) is 0. The molecule has 0 N–H and O–H groups in total. The number of nitrogens with zero attached hydrogens (tertiary/aromatic N) is 1. The molecule has 0 amide bonds. The van der Waals surface area contributed by atoms with Crippen LogP contribution < -0.4 is 4.74 Å². The zero-order valence-corrected chi connectivity index (χ0v) is 10.2. The first-order valence-electron chi connectivity index (χ1n) is 4.96. The molecular weight excluding hydrogens is 308 g/mol. The summed E-state index contributed by atoms with van der Waals surface area (Å²) in [5.74, 6) is -0.926. The maximum absolute atomic E-state index is 12.7. The van der Waals surface area contributed by atoms with E-state index in [-0.39, 0.29) is 5.06 Å². The average molecular weight is 312 g/mol. The van der Waals surface area contributed by atoms with E-state index in [1.54, 1.807) is 0 Å². The lowest BCUT2D eigenvalue weighted by Crippen LogP contribution is -2.10. The first-order valence-corrected chi connectivity index (χ1v) is 5.78. The second-order valence-electron chi connectivity index (χ2n) is 3.58. The van der Waals surface area contributed by atoms with Crippen LogP contribution >= 0.6 is 11.3 Å². The zero-order valence-electron chi connectivity index (χ0n) is 9.34. The second-order valence-corrected chi connectivity index (χ2v) is 4.37. The molecule has 9 heteroatoms. The second kappa shape index (κ2) is 4.97. The van der Waals surface area contributed by atoms with E-state index in [1.165, 1.54) is 0 Å². The summed E-state index contributed by atoms with van der Waals surface area (Å²) in [6.07, 6.45) is -8.53. The van der Waals surface area contributed by atoms with Crippen molar-refractivity contribution >= 4 is 11.3 Å². The molecule has 1 aromatic carbocycles. The van der Waals surface area contributed by atoms with Crippen LogP contribution in [0.3, 0.4) is 0 Å². The highest BCUT2D eigenvalue weighted by atomic mass is 32.1. The van der Waals surface area contributed by atoms with Crippen LogP contribution in [0.2, 0.25) is 0 Å². The fraction of sp³-hybridized carbons (Fsp3) is 0.182. The lowest BCUT2D eigenvalue weighted by atomic mass is 10.1. The highest BCUT2D eigenvalue weighted by Gasteiger charge is 2.38. The number of rotatable bonds is 2. The Labute approximate surface area is 112 Å². The lowest BCUT2D eigenvalue weighted by Gasteiger charge is -2.15. The molecule has 0 saturated carbocycles. The Kier molecular flexibility index (Phi) is 3.63. The van der Waals surface area contributed by atoms with Gasteiger partial charge in [0.15, 0.2) is 5.51 Å². The molecular formula is C11H4F6NOS. The summed E-state index contributed by atoms with van der Waals surface area (Å²) >= 11 is 0.744. The molecule has 0 aliphatic carbocycles. The van der Waals surface area contributed by atoms with Gasteiger partial charge in [-0.05, 0) is 18.2 Å². The van der Waals surface area contributed by atoms with Crippen LogP contribution in [0.15, 0.2) is 24.4 Å². The molecule has 1 aromatic heterocycles. The van der Waals surface area contributed by atoms with Gasteiger partial charge in [0, 0.05) is 0 Å². The molecule has 0 saturated heterocycles. The first-order chi connectivity index (χ1) is 9.18. The van der Waals surface area contributed by atoms with E-state index in [4.69, 9.17) is 4.74 Å². The lowest BCUT2D eigenvalue weighted by molar-refractivity contribution is -0.142. The molecule has 0 spiro atoms. The third-order valence-electron chi connectivity index (χ3n) is 2.19. The van der Waals surface area contributed by atoms with Crippen LogP contribution in [0, 0.1) is 5.51 Å². The molecule has 1 heterocycles. The topological polar surface area (TPSA) is 22.1 Å². The Bertz CT molecular complexity index is 590. The van der Waals surface area contributed by atoms with Crippen LogP contribution in [0.25, 0.3) is 0 Å². The molecule has 2 aromatic rings. The molecule has 0 fully saturated rings. The zero-order chi connectivity index (χ0) is 15.0. The van der Waals surface area contributed by atoms with E-state index in [9.17, 15) is 26.3 Å². The third kappa shape index (κ3) is 3.21. The van der Waals surface area contributed by atoms with Gasteiger partial charge in [0.05, 0.1) is 17.3 Å². The Balaban J connectivity index is 2.48. The van der Waals surface area contributed by atoms with Gasteiger partial charge < -0.3 is 4.74 Å². The van der Waals surface area contributed by atoms with Crippen LogP contribution in [-0.2, 0) is 12.4 Å². The summed E-state index contributed by atoms with van der Waals surface area (Å²) < 4.78 is 80.6. The van der Waals surface area contributed by atoms with E-state index in [1.807, 2.05) is 0 Å². The van der Waals surface area contributed by atoms with Crippen molar-refractivity contribution in [2.75, 3.05) is 0 Å². The number of ether oxygens (including phenoxy) is 1. The van der Waals surface area contributed by atoms with Crippen molar-refractivity contribution in [2.24, 2.45) is 0 Å². The number of thiazole rings is 1. The van der Waals surface area contributed by atoms with Crippen molar-refractivity contribution in [3.8, 4) is 10.8 Å². The van der Waals surface area contributed by atoms with E-state index >= 15 is 0 Å². The van der Waals surface area contributed by atoms with Gasteiger partial charge in [-0.15, -0.1) is 0 Å². The standard InChI is InChI=1S/C11H4F6NOS/c12-10(13,14)6-1-2-7(11(15,16)17)8(3-6)19-9-4-18-5-20-9/h1-4H. The number of alkyl halides is 6. The molecule has 107 valence electrons. The molecule has 2 rings (SSSR count). The minimum atomic E-state index is -4.83. The minimum absolute atomic E-state index is 0.0881. The van der Waals surface area contributed by atoms with Crippen molar-refractivity contribution in [1.82, 2.24) is 4.98 Å². The fourth-order valence-corrected chi connectivity index (χ4v) is 1.78. The fourth-order valence-electron chi connectivity index (χ4n) is 1.35. The molecule has 2 nitrogen and oxygen atoms in total. The normalized spacial score (nSPS) is 12.5. The first kappa shape index (κ1) is 14.6. The van der Waals surface area contributed by atoms with Gasteiger partial charge >= 0.3 is 12.4 Å². The number of hydrogen-bond donors (Lipinski definition) is 0.